The van der Waals surface area contributed by atoms with E-state index in [0.717, 1.165) is 25.1 Å². The summed E-state index contributed by atoms with van der Waals surface area (Å²) in [5.41, 5.74) is 2.80. The molecule has 0 aliphatic rings. The fourth-order valence-electron chi connectivity index (χ4n) is 1.86. The number of nitroso groups, excluding NO2 is 1. The summed E-state index contributed by atoms with van der Waals surface area (Å²) in [6, 6.07) is 17.7. The van der Waals surface area contributed by atoms with Crippen molar-refractivity contribution in [2.24, 2.45) is 5.18 Å². The second-order valence-corrected chi connectivity index (χ2v) is 4.13. The van der Waals surface area contributed by atoms with Crippen molar-refractivity contribution in [1.82, 2.24) is 5.32 Å². The van der Waals surface area contributed by atoms with Gasteiger partial charge in [-0.15, -0.1) is 4.91 Å². The fourth-order valence-corrected chi connectivity index (χ4v) is 1.86. The molecule has 0 atom stereocenters. The predicted octanol–water partition coefficient (Wildman–Crippen LogP) is 3.42. The summed E-state index contributed by atoms with van der Waals surface area (Å²) in [7, 11) is 0. The van der Waals surface area contributed by atoms with Crippen LogP contribution in [-0.4, -0.2) is 6.54 Å². The SMILES string of the molecule is O=Nc1ccccc1CCNCc1ccccc1. The quantitative estimate of drug-likeness (QED) is 0.621. The topological polar surface area (TPSA) is 41.5 Å². The lowest BCUT2D eigenvalue weighted by Gasteiger charge is -2.06. The van der Waals surface area contributed by atoms with Crippen molar-refractivity contribution in [3.05, 3.63) is 70.6 Å². The van der Waals surface area contributed by atoms with Gasteiger partial charge in [-0.25, -0.2) is 0 Å². The number of nitrogens with zero attached hydrogens (tertiary/aromatic N) is 1. The van der Waals surface area contributed by atoms with Crippen LogP contribution >= 0.6 is 0 Å². The first-order chi connectivity index (χ1) is 8.90. The van der Waals surface area contributed by atoms with Crippen molar-refractivity contribution in [3.63, 3.8) is 0 Å². The first kappa shape index (κ1) is 12.5. The van der Waals surface area contributed by atoms with Crippen molar-refractivity contribution in [3.8, 4) is 0 Å². The molecule has 2 aromatic rings. The van der Waals surface area contributed by atoms with E-state index >= 15 is 0 Å². The van der Waals surface area contributed by atoms with Crippen molar-refractivity contribution in [2.45, 2.75) is 13.0 Å². The van der Waals surface area contributed by atoms with E-state index in [9.17, 15) is 4.91 Å². The number of nitrogens with one attached hydrogen (secondary N) is 1. The Morgan fingerprint density at radius 1 is 0.944 bits per heavy atom. The minimum atomic E-state index is 0.541. The molecule has 0 radical (unpaired) electrons. The monoisotopic (exact) mass is 240 g/mol. The molecule has 0 heterocycles. The highest BCUT2D eigenvalue weighted by molar-refractivity contribution is 5.45. The molecule has 0 saturated carbocycles. The van der Waals surface area contributed by atoms with Crippen LogP contribution in [0.4, 0.5) is 5.69 Å². The van der Waals surface area contributed by atoms with Crippen LogP contribution < -0.4 is 5.32 Å². The highest BCUT2D eigenvalue weighted by Gasteiger charge is 2.00. The van der Waals surface area contributed by atoms with Crippen molar-refractivity contribution in [1.29, 1.82) is 0 Å². The van der Waals surface area contributed by atoms with Crippen molar-refractivity contribution < 1.29 is 0 Å². The standard InChI is InChI=1S/C15H16N2O/c18-17-15-9-5-4-8-14(15)10-11-16-12-13-6-2-1-3-7-13/h1-9,16H,10-12H2. The summed E-state index contributed by atoms with van der Waals surface area (Å²) in [5, 5.41) is 6.39. The van der Waals surface area contributed by atoms with Crippen LogP contribution in [0, 0.1) is 4.91 Å². The van der Waals surface area contributed by atoms with E-state index in [1.165, 1.54) is 5.56 Å². The third-order valence-electron chi connectivity index (χ3n) is 2.83. The van der Waals surface area contributed by atoms with E-state index in [1.807, 2.05) is 36.4 Å². The summed E-state index contributed by atoms with van der Waals surface area (Å²) in [5.74, 6) is 0. The Kier molecular flexibility index (Phi) is 4.61. The van der Waals surface area contributed by atoms with Crippen LogP contribution in [-0.2, 0) is 13.0 Å². The highest BCUT2D eigenvalue weighted by atomic mass is 16.3. The summed E-state index contributed by atoms with van der Waals surface area (Å²) >= 11 is 0. The van der Waals surface area contributed by atoms with Gasteiger partial charge in [0.1, 0.15) is 5.69 Å². The maximum Gasteiger partial charge on any atom is 0.111 e. The number of hydrogen-bond acceptors (Lipinski definition) is 3. The second kappa shape index (κ2) is 6.67. The lowest BCUT2D eigenvalue weighted by molar-refractivity contribution is 0.687. The van der Waals surface area contributed by atoms with Gasteiger partial charge in [0.25, 0.3) is 0 Å². The zero-order valence-corrected chi connectivity index (χ0v) is 10.2. The Morgan fingerprint density at radius 3 is 2.44 bits per heavy atom. The average Bonchev–Trinajstić information content (AvgIpc) is 2.45. The largest absolute Gasteiger partial charge is 0.312 e. The van der Waals surface area contributed by atoms with E-state index in [0.29, 0.717) is 5.69 Å². The molecule has 0 saturated heterocycles. The van der Waals surface area contributed by atoms with E-state index in [-0.39, 0.29) is 0 Å². The Morgan fingerprint density at radius 2 is 1.67 bits per heavy atom. The molecular formula is C15H16N2O. The molecule has 92 valence electrons. The molecule has 0 aromatic heterocycles. The summed E-state index contributed by atoms with van der Waals surface area (Å²) < 4.78 is 0. The molecule has 1 N–H and O–H groups in total. The highest BCUT2D eigenvalue weighted by Crippen LogP contribution is 2.18. The van der Waals surface area contributed by atoms with E-state index in [4.69, 9.17) is 0 Å². The minimum Gasteiger partial charge on any atom is -0.312 e. The van der Waals surface area contributed by atoms with E-state index in [2.05, 4.69) is 22.6 Å². The molecule has 0 aliphatic heterocycles. The number of rotatable bonds is 6. The van der Waals surface area contributed by atoms with E-state index in [1.54, 1.807) is 6.07 Å². The lowest BCUT2D eigenvalue weighted by atomic mass is 10.1. The van der Waals surface area contributed by atoms with Crippen LogP contribution in [0.15, 0.2) is 59.8 Å². The Bertz CT molecular complexity index is 497. The molecule has 0 spiro atoms. The molecule has 3 heteroatoms. The van der Waals surface area contributed by atoms with Crippen LogP contribution in [0.3, 0.4) is 0 Å². The van der Waals surface area contributed by atoms with Gasteiger partial charge in [-0.1, -0.05) is 48.5 Å². The van der Waals surface area contributed by atoms with Gasteiger partial charge in [0.15, 0.2) is 0 Å². The lowest BCUT2D eigenvalue weighted by Crippen LogP contribution is -2.16. The molecule has 2 aromatic carbocycles. The van der Waals surface area contributed by atoms with Gasteiger partial charge in [-0.05, 0) is 35.3 Å². The molecule has 18 heavy (non-hydrogen) atoms. The minimum absolute atomic E-state index is 0.541. The Labute approximate surface area is 107 Å². The van der Waals surface area contributed by atoms with Crippen molar-refractivity contribution >= 4 is 5.69 Å². The molecular weight excluding hydrogens is 224 g/mol. The smallest absolute Gasteiger partial charge is 0.111 e. The van der Waals surface area contributed by atoms with Gasteiger partial charge < -0.3 is 5.32 Å². The van der Waals surface area contributed by atoms with Gasteiger partial charge in [0.2, 0.25) is 0 Å². The van der Waals surface area contributed by atoms with Gasteiger partial charge in [0, 0.05) is 6.54 Å². The maximum atomic E-state index is 10.6. The van der Waals surface area contributed by atoms with Crippen LogP contribution in [0.25, 0.3) is 0 Å². The first-order valence-corrected chi connectivity index (χ1v) is 6.06. The van der Waals surface area contributed by atoms with Crippen LogP contribution in [0.2, 0.25) is 0 Å². The van der Waals surface area contributed by atoms with E-state index < -0.39 is 0 Å². The number of benzene rings is 2. The molecule has 3 nitrogen and oxygen atoms in total. The molecule has 0 aliphatic carbocycles. The second-order valence-electron chi connectivity index (χ2n) is 4.13. The summed E-state index contributed by atoms with van der Waals surface area (Å²) in [6.07, 6.45) is 0.814. The van der Waals surface area contributed by atoms with Gasteiger partial charge in [-0.2, -0.15) is 0 Å². The summed E-state index contributed by atoms with van der Waals surface area (Å²) in [4.78, 5) is 10.6. The zero-order chi connectivity index (χ0) is 12.6. The zero-order valence-electron chi connectivity index (χ0n) is 10.2. The van der Waals surface area contributed by atoms with Gasteiger partial charge in [0.05, 0.1) is 0 Å². The first-order valence-electron chi connectivity index (χ1n) is 6.06. The normalized spacial score (nSPS) is 10.2. The van der Waals surface area contributed by atoms with Crippen molar-refractivity contribution in [2.75, 3.05) is 6.54 Å². The summed E-state index contributed by atoms with van der Waals surface area (Å²) in [6.45, 7) is 1.68. The molecule has 0 unspecified atom stereocenters. The molecule has 0 bridgehead atoms. The third-order valence-corrected chi connectivity index (χ3v) is 2.83. The average molecular weight is 240 g/mol. The van der Waals surface area contributed by atoms with Crippen LogP contribution in [0.5, 0.6) is 0 Å². The number of hydrogen-bond donors (Lipinski definition) is 1. The molecule has 2 rings (SSSR count). The molecule has 0 amide bonds. The third kappa shape index (κ3) is 3.50. The maximum absolute atomic E-state index is 10.6. The Hall–Kier alpha value is -2.00. The fraction of sp³-hybridized carbons (Fsp3) is 0.200. The molecule has 0 fully saturated rings. The Balaban J connectivity index is 1.80. The predicted molar refractivity (Wildman–Crippen MR) is 73.7 cm³/mol. The van der Waals surface area contributed by atoms with Gasteiger partial charge >= 0.3 is 0 Å². The van der Waals surface area contributed by atoms with Gasteiger partial charge in [-0.3, -0.25) is 0 Å². The van der Waals surface area contributed by atoms with Crippen LogP contribution in [0.1, 0.15) is 11.1 Å².